The number of hydrogen-bond donors (Lipinski definition) is 2. The number of nitrogens with one attached hydrogen (secondary N) is 1. The summed E-state index contributed by atoms with van der Waals surface area (Å²) in [6.07, 6.45) is 2.89. The van der Waals surface area contributed by atoms with E-state index in [9.17, 15) is 18.4 Å². The first-order chi connectivity index (χ1) is 15.4. The molecule has 33 heavy (non-hydrogen) atoms. The first-order valence-corrected chi connectivity index (χ1v) is 9.38. The second-order valence-electron chi connectivity index (χ2n) is 6.69. The number of amides is 1. The Morgan fingerprint density at radius 2 is 1.79 bits per heavy atom. The molecule has 0 unspecified atom stereocenters. The lowest BCUT2D eigenvalue weighted by Gasteiger charge is -2.11. The van der Waals surface area contributed by atoms with Crippen molar-refractivity contribution < 1.29 is 18.3 Å². The minimum Gasteiger partial charge on any atom is -0.454 e. The molecule has 0 saturated carbocycles. The van der Waals surface area contributed by atoms with E-state index < -0.39 is 23.1 Å². The molecule has 2 aromatic heterocycles. The van der Waals surface area contributed by atoms with Gasteiger partial charge in [0.15, 0.2) is 11.6 Å². The number of nitrogens with two attached hydrogens (primary N) is 1. The summed E-state index contributed by atoms with van der Waals surface area (Å²) in [4.78, 5) is 29.2. The van der Waals surface area contributed by atoms with Gasteiger partial charge in [0.1, 0.15) is 22.9 Å². The third-order valence-corrected chi connectivity index (χ3v) is 4.47. The van der Waals surface area contributed by atoms with Gasteiger partial charge in [0.25, 0.3) is 11.5 Å². The molecular formula is C23H17ClF2N4O3. The average molecular weight is 471 g/mol. The van der Waals surface area contributed by atoms with Gasteiger partial charge < -0.3 is 15.8 Å². The van der Waals surface area contributed by atoms with Crippen LogP contribution in [0.2, 0.25) is 0 Å². The van der Waals surface area contributed by atoms with Gasteiger partial charge in [-0.25, -0.2) is 13.8 Å². The van der Waals surface area contributed by atoms with Crippen molar-refractivity contribution >= 4 is 29.8 Å². The monoisotopic (exact) mass is 470 g/mol. The summed E-state index contributed by atoms with van der Waals surface area (Å²) >= 11 is 0. The van der Waals surface area contributed by atoms with E-state index >= 15 is 0 Å². The third kappa shape index (κ3) is 5.34. The maximum absolute atomic E-state index is 14.5. The molecular weight excluding hydrogens is 454 g/mol. The van der Waals surface area contributed by atoms with Gasteiger partial charge in [0.2, 0.25) is 0 Å². The lowest BCUT2D eigenvalue weighted by molar-refractivity contribution is 0.102. The van der Waals surface area contributed by atoms with Gasteiger partial charge in [-0.05, 0) is 54.6 Å². The van der Waals surface area contributed by atoms with Crippen molar-refractivity contribution in [3.8, 4) is 17.2 Å². The molecule has 0 fully saturated rings. The van der Waals surface area contributed by atoms with Gasteiger partial charge in [-0.15, -0.1) is 12.4 Å². The van der Waals surface area contributed by atoms with Crippen LogP contribution in [0.3, 0.4) is 0 Å². The number of hydrogen-bond acceptors (Lipinski definition) is 5. The van der Waals surface area contributed by atoms with Crippen LogP contribution in [0.1, 0.15) is 10.4 Å². The lowest BCUT2D eigenvalue weighted by Crippen LogP contribution is -2.27. The van der Waals surface area contributed by atoms with E-state index in [4.69, 9.17) is 10.5 Å². The fourth-order valence-electron chi connectivity index (χ4n) is 2.95. The lowest BCUT2D eigenvalue weighted by atomic mass is 10.2. The summed E-state index contributed by atoms with van der Waals surface area (Å²) in [5, 5.41) is 2.49. The highest BCUT2D eigenvalue weighted by Gasteiger charge is 2.15. The van der Waals surface area contributed by atoms with Crippen LogP contribution in [0, 0.1) is 11.6 Å². The van der Waals surface area contributed by atoms with Gasteiger partial charge in [0, 0.05) is 35.9 Å². The number of halogens is 3. The van der Waals surface area contributed by atoms with E-state index in [1.807, 2.05) is 0 Å². The quantitative estimate of drug-likeness (QED) is 0.445. The van der Waals surface area contributed by atoms with Crippen LogP contribution >= 0.6 is 12.4 Å². The Balaban J connectivity index is 0.00000306. The van der Waals surface area contributed by atoms with Crippen LogP contribution in [0.15, 0.2) is 83.9 Å². The molecule has 0 saturated heterocycles. The standard InChI is InChI=1S/C23H16F2N4O3.ClH/c24-14-3-6-16(7-4-14)29-11-1-2-18(23(29)31)22(30)28-15-5-8-20(19(25)12-15)32-17-9-10-27-21(26)13-17;/h1-13H,(H2,26,27)(H,28,30);1H. The minimum atomic E-state index is -0.727. The van der Waals surface area contributed by atoms with Crippen molar-refractivity contribution in [3.63, 3.8) is 0 Å². The van der Waals surface area contributed by atoms with Crippen LogP contribution in [-0.4, -0.2) is 15.5 Å². The summed E-state index contributed by atoms with van der Waals surface area (Å²) in [5.41, 5.74) is 5.34. The average Bonchev–Trinajstić information content (AvgIpc) is 2.76. The number of anilines is 2. The van der Waals surface area contributed by atoms with E-state index in [2.05, 4.69) is 10.3 Å². The highest BCUT2D eigenvalue weighted by Crippen LogP contribution is 2.27. The van der Waals surface area contributed by atoms with Crippen molar-refractivity contribution in [3.05, 3.63) is 107 Å². The van der Waals surface area contributed by atoms with E-state index in [0.29, 0.717) is 11.4 Å². The van der Waals surface area contributed by atoms with Crippen molar-refractivity contribution in [2.75, 3.05) is 11.1 Å². The SMILES string of the molecule is Cl.Nc1cc(Oc2ccc(NC(=O)c3cccn(-c4ccc(F)cc4)c3=O)cc2F)ccn1. The summed E-state index contributed by atoms with van der Waals surface area (Å²) in [5.74, 6) is -1.44. The number of nitrogens with zero attached hydrogens (tertiary/aromatic N) is 2. The summed E-state index contributed by atoms with van der Waals surface area (Å²) in [6, 6.07) is 14.9. The maximum Gasteiger partial charge on any atom is 0.267 e. The maximum atomic E-state index is 14.5. The Bertz CT molecular complexity index is 1360. The van der Waals surface area contributed by atoms with Crippen molar-refractivity contribution in [2.45, 2.75) is 0 Å². The Labute approximate surface area is 192 Å². The molecule has 4 aromatic rings. The van der Waals surface area contributed by atoms with Crippen LogP contribution in [0.5, 0.6) is 11.5 Å². The van der Waals surface area contributed by atoms with E-state index in [1.165, 1.54) is 77.6 Å². The molecule has 7 nitrogen and oxygen atoms in total. The largest absolute Gasteiger partial charge is 0.454 e. The third-order valence-electron chi connectivity index (χ3n) is 4.47. The van der Waals surface area contributed by atoms with Gasteiger partial charge in [-0.1, -0.05) is 0 Å². The first kappa shape index (κ1) is 23.4. The smallest absolute Gasteiger partial charge is 0.267 e. The molecule has 10 heteroatoms. The molecule has 2 heterocycles. The zero-order valence-corrected chi connectivity index (χ0v) is 17.7. The number of carbonyl (C=O) groups is 1. The number of carbonyl (C=O) groups excluding carboxylic acids is 1. The Morgan fingerprint density at radius 1 is 1.03 bits per heavy atom. The predicted molar refractivity (Wildman–Crippen MR) is 122 cm³/mol. The number of pyridine rings is 2. The second-order valence-corrected chi connectivity index (χ2v) is 6.69. The second kappa shape index (κ2) is 9.92. The molecule has 3 N–H and O–H groups in total. The number of nitrogen functional groups attached to an aromatic ring is 1. The molecule has 0 aliphatic heterocycles. The van der Waals surface area contributed by atoms with Crippen molar-refractivity contribution in [1.82, 2.24) is 9.55 Å². The van der Waals surface area contributed by atoms with Gasteiger partial charge in [-0.3, -0.25) is 14.2 Å². The number of benzene rings is 2. The van der Waals surface area contributed by atoms with E-state index in [0.717, 1.165) is 6.07 Å². The zero-order chi connectivity index (χ0) is 22.7. The molecule has 0 atom stereocenters. The normalized spacial score (nSPS) is 10.2. The summed E-state index contributed by atoms with van der Waals surface area (Å²) < 4.78 is 34.3. The number of ether oxygens (including phenoxy) is 1. The van der Waals surface area contributed by atoms with Crippen LogP contribution in [-0.2, 0) is 0 Å². The molecule has 2 aromatic carbocycles. The molecule has 0 aliphatic rings. The highest BCUT2D eigenvalue weighted by atomic mass is 35.5. The molecule has 0 spiro atoms. The van der Waals surface area contributed by atoms with E-state index in [1.54, 1.807) is 0 Å². The van der Waals surface area contributed by atoms with Crippen LogP contribution in [0.4, 0.5) is 20.3 Å². The molecule has 0 radical (unpaired) electrons. The predicted octanol–water partition coefficient (Wildman–Crippen LogP) is 4.56. The minimum absolute atomic E-state index is 0. The molecule has 168 valence electrons. The Morgan fingerprint density at radius 3 is 2.48 bits per heavy atom. The number of aromatic nitrogens is 2. The fourth-order valence-corrected chi connectivity index (χ4v) is 2.95. The van der Waals surface area contributed by atoms with Crippen molar-refractivity contribution in [2.24, 2.45) is 0 Å². The van der Waals surface area contributed by atoms with Gasteiger partial charge in [0.05, 0.1) is 0 Å². The summed E-state index contributed by atoms with van der Waals surface area (Å²) in [7, 11) is 0. The topological polar surface area (TPSA) is 99.2 Å². The molecule has 4 rings (SSSR count). The molecule has 0 bridgehead atoms. The number of rotatable bonds is 5. The van der Waals surface area contributed by atoms with Crippen LogP contribution in [0.25, 0.3) is 5.69 Å². The Hall–Kier alpha value is -4.24. The highest BCUT2D eigenvalue weighted by molar-refractivity contribution is 6.04. The van der Waals surface area contributed by atoms with Crippen LogP contribution < -0.4 is 21.3 Å². The van der Waals surface area contributed by atoms with Crippen molar-refractivity contribution in [1.29, 1.82) is 0 Å². The molecule has 1 amide bonds. The zero-order valence-electron chi connectivity index (χ0n) is 16.9. The first-order valence-electron chi connectivity index (χ1n) is 9.38. The molecule has 0 aliphatic carbocycles. The van der Waals surface area contributed by atoms with E-state index in [-0.39, 0.29) is 35.2 Å². The van der Waals surface area contributed by atoms with Gasteiger partial charge in [-0.2, -0.15) is 0 Å². The van der Waals surface area contributed by atoms with Gasteiger partial charge >= 0.3 is 0 Å². The Kier molecular flexibility index (Phi) is 7.04. The fraction of sp³-hybridized carbons (Fsp3) is 0. The summed E-state index contributed by atoms with van der Waals surface area (Å²) in [6.45, 7) is 0.